The Balaban J connectivity index is 2.53. The number of aliphatic hydroxyl groups excluding tert-OH is 1. The first-order valence-electron chi connectivity index (χ1n) is 5.43. The minimum Gasteiger partial charge on any atom is -0.388 e. The molecule has 0 saturated carbocycles. The highest BCUT2D eigenvalue weighted by Gasteiger charge is 2.12. The van der Waals surface area contributed by atoms with Crippen molar-refractivity contribution >= 4 is 11.6 Å². The molecule has 1 N–H and O–H groups in total. The van der Waals surface area contributed by atoms with Gasteiger partial charge in [0.1, 0.15) is 5.15 Å². The molecule has 0 spiro atoms. The third kappa shape index (κ3) is 4.18. The second kappa shape index (κ2) is 6.09. The van der Waals surface area contributed by atoms with Crippen LogP contribution < -0.4 is 0 Å². The smallest absolute Gasteiger partial charge is 0.129 e. The van der Waals surface area contributed by atoms with Crippen LogP contribution >= 0.6 is 11.6 Å². The van der Waals surface area contributed by atoms with Crippen molar-refractivity contribution in [1.29, 1.82) is 0 Å². The molecule has 0 amide bonds. The van der Waals surface area contributed by atoms with E-state index in [9.17, 15) is 5.11 Å². The molecule has 0 aliphatic carbocycles. The van der Waals surface area contributed by atoms with Crippen LogP contribution in [-0.2, 0) is 0 Å². The summed E-state index contributed by atoms with van der Waals surface area (Å²) in [5, 5.41) is 10.4. The lowest BCUT2D eigenvalue weighted by Crippen LogP contribution is -2.04. The van der Waals surface area contributed by atoms with Gasteiger partial charge in [-0.25, -0.2) is 4.98 Å². The van der Waals surface area contributed by atoms with Gasteiger partial charge >= 0.3 is 0 Å². The van der Waals surface area contributed by atoms with Gasteiger partial charge in [0.2, 0.25) is 0 Å². The van der Waals surface area contributed by atoms with E-state index in [1.165, 1.54) is 0 Å². The molecule has 2 atom stereocenters. The minimum atomic E-state index is -0.420. The Bertz CT molecular complexity index is 286. The van der Waals surface area contributed by atoms with Crippen LogP contribution in [0.2, 0.25) is 5.15 Å². The molecule has 1 heterocycles. The van der Waals surface area contributed by atoms with Crippen LogP contribution in [0.15, 0.2) is 18.3 Å². The van der Waals surface area contributed by atoms with E-state index >= 15 is 0 Å². The number of aliphatic hydroxyl groups is 1. The number of hydrogen-bond donors (Lipinski definition) is 1. The summed E-state index contributed by atoms with van der Waals surface area (Å²) in [6.45, 7) is 4.32. The molecule has 2 nitrogen and oxygen atoms in total. The van der Waals surface area contributed by atoms with Gasteiger partial charge in [-0.2, -0.15) is 0 Å². The van der Waals surface area contributed by atoms with Gasteiger partial charge in [0, 0.05) is 6.20 Å². The van der Waals surface area contributed by atoms with Gasteiger partial charge in [-0.1, -0.05) is 44.4 Å². The van der Waals surface area contributed by atoms with Crippen LogP contribution in [0.1, 0.15) is 44.8 Å². The lowest BCUT2D eigenvalue weighted by atomic mass is 9.96. The van der Waals surface area contributed by atoms with Crippen LogP contribution in [0.3, 0.4) is 0 Å². The summed E-state index contributed by atoms with van der Waals surface area (Å²) in [7, 11) is 0. The van der Waals surface area contributed by atoms with Crippen LogP contribution in [0.4, 0.5) is 0 Å². The zero-order valence-electron chi connectivity index (χ0n) is 9.28. The molecule has 15 heavy (non-hydrogen) atoms. The van der Waals surface area contributed by atoms with Crippen molar-refractivity contribution in [2.45, 2.75) is 39.2 Å². The largest absolute Gasteiger partial charge is 0.388 e. The Morgan fingerprint density at radius 1 is 1.47 bits per heavy atom. The molecule has 0 radical (unpaired) electrons. The molecular formula is C12H18ClNO. The molecule has 0 fully saturated rings. The van der Waals surface area contributed by atoms with Crippen molar-refractivity contribution in [3.05, 3.63) is 29.0 Å². The molecule has 1 rings (SSSR count). The normalized spacial score (nSPS) is 14.9. The van der Waals surface area contributed by atoms with Crippen molar-refractivity contribution in [2.24, 2.45) is 5.92 Å². The van der Waals surface area contributed by atoms with Crippen LogP contribution in [0.25, 0.3) is 0 Å². The summed E-state index contributed by atoms with van der Waals surface area (Å²) in [6, 6.07) is 3.54. The third-order valence-corrected chi connectivity index (χ3v) is 2.77. The average Bonchev–Trinajstić information content (AvgIpc) is 2.18. The average molecular weight is 228 g/mol. The molecular weight excluding hydrogens is 210 g/mol. The Morgan fingerprint density at radius 3 is 2.73 bits per heavy atom. The van der Waals surface area contributed by atoms with E-state index in [1.807, 2.05) is 6.07 Å². The van der Waals surface area contributed by atoms with Gasteiger partial charge in [-0.3, -0.25) is 0 Å². The number of nitrogens with zero attached hydrogens (tertiary/aromatic N) is 1. The highest BCUT2D eigenvalue weighted by molar-refractivity contribution is 6.29. The molecule has 0 saturated heterocycles. The van der Waals surface area contributed by atoms with E-state index in [4.69, 9.17) is 11.6 Å². The zero-order chi connectivity index (χ0) is 11.3. The van der Waals surface area contributed by atoms with E-state index in [-0.39, 0.29) is 0 Å². The van der Waals surface area contributed by atoms with Gasteiger partial charge in [0.15, 0.2) is 0 Å². The highest BCUT2D eigenvalue weighted by Crippen LogP contribution is 2.23. The SMILES string of the molecule is CCCC(C)CC(O)c1ccc(Cl)nc1. The fraction of sp³-hybridized carbons (Fsp3) is 0.583. The predicted molar refractivity (Wildman–Crippen MR) is 62.9 cm³/mol. The highest BCUT2D eigenvalue weighted by atomic mass is 35.5. The monoisotopic (exact) mass is 227 g/mol. The van der Waals surface area contributed by atoms with E-state index in [2.05, 4.69) is 18.8 Å². The summed E-state index contributed by atoms with van der Waals surface area (Å²) in [6.07, 6.45) is 4.32. The molecule has 2 unspecified atom stereocenters. The summed E-state index contributed by atoms with van der Waals surface area (Å²) < 4.78 is 0. The lowest BCUT2D eigenvalue weighted by molar-refractivity contribution is 0.145. The Labute approximate surface area is 96.3 Å². The van der Waals surface area contributed by atoms with Crippen molar-refractivity contribution in [3.8, 4) is 0 Å². The maximum absolute atomic E-state index is 9.93. The number of hydrogen-bond acceptors (Lipinski definition) is 2. The second-order valence-corrected chi connectivity index (χ2v) is 4.45. The first kappa shape index (κ1) is 12.5. The molecule has 1 aromatic heterocycles. The molecule has 84 valence electrons. The van der Waals surface area contributed by atoms with Crippen molar-refractivity contribution in [2.75, 3.05) is 0 Å². The molecule has 0 aliphatic rings. The molecule has 1 aromatic rings. The zero-order valence-corrected chi connectivity index (χ0v) is 10.0. The maximum Gasteiger partial charge on any atom is 0.129 e. The van der Waals surface area contributed by atoms with Gasteiger partial charge in [-0.15, -0.1) is 0 Å². The summed E-state index contributed by atoms with van der Waals surface area (Å²) in [4.78, 5) is 3.96. The topological polar surface area (TPSA) is 33.1 Å². The number of aromatic nitrogens is 1. The molecule has 0 aromatic carbocycles. The summed E-state index contributed by atoms with van der Waals surface area (Å²) in [5.74, 6) is 0.542. The fourth-order valence-corrected chi connectivity index (χ4v) is 1.82. The standard InChI is InChI=1S/C12H18ClNO/c1-3-4-9(2)7-11(15)10-5-6-12(13)14-8-10/h5-6,8-9,11,15H,3-4,7H2,1-2H3. The van der Waals surface area contributed by atoms with Crippen LogP contribution in [0.5, 0.6) is 0 Å². The first-order valence-corrected chi connectivity index (χ1v) is 5.80. The Morgan fingerprint density at radius 2 is 2.20 bits per heavy atom. The molecule has 3 heteroatoms. The Hall–Kier alpha value is -0.600. The van der Waals surface area contributed by atoms with E-state index < -0.39 is 6.10 Å². The number of pyridine rings is 1. The molecule has 0 bridgehead atoms. The Kier molecular flexibility index (Phi) is 5.06. The van der Waals surface area contributed by atoms with E-state index in [1.54, 1.807) is 12.3 Å². The van der Waals surface area contributed by atoms with E-state index in [0.29, 0.717) is 11.1 Å². The van der Waals surface area contributed by atoms with Crippen molar-refractivity contribution in [3.63, 3.8) is 0 Å². The fourth-order valence-electron chi connectivity index (χ4n) is 1.71. The van der Waals surface area contributed by atoms with Gasteiger partial charge in [0.05, 0.1) is 6.10 Å². The minimum absolute atomic E-state index is 0.420. The molecule has 0 aliphatic heterocycles. The summed E-state index contributed by atoms with van der Waals surface area (Å²) in [5.41, 5.74) is 0.849. The number of rotatable bonds is 5. The van der Waals surface area contributed by atoms with Crippen molar-refractivity contribution < 1.29 is 5.11 Å². The van der Waals surface area contributed by atoms with Crippen LogP contribution in [0, 0.1) is 5.92 Å². The quantitative estimate of drug-likeness (QED) is 0.780. The lowest BCUT2D eigenvalue weighted by Gasteiger charge is -2.15. The van der Waals surface area contributed by atoms with Gasteiger partial charge in [0.25, 0.3) is 0 Å². The number of halogens is 1. The van der Waals surface area contributed by atoms with Crippen LogP contribution in [-0.4, -0.2) is 10.1 Å². The first-order chi connectivity index (χ1) is 7.13. The van der Waals surface area contributed by atoms with Gasteiger partial charge in [-0.05, 0) is 24.0 Å². The predicted octanol–water partition coefficient (Wildman–Crippen LogP) is 3.59. The third-order valence-electron chi connectivity index (χ3n) is 2.54. The van der Waals surface area contributed by atoms with Gasteiger partial charge < -0.3 is 5.11 Å². The second-order valence-electron chi connectivity index (χ2n) is 4.06. The maximum atomic E-state index is 9.93. The summed E-state index contributed by atoms with van der Waals surface area (Å²) >= 11 is 5.68. The van der Waals surface area contributed by atoms with Crippen molar-refractivity contribution in [1.82, 2.24) is 4.98 Å². The van der Waals surface area contributed by atoms with E-state index in [0.717, 1.165) is 24.8 Å².